The topological polar surface area (TPSA) is 42.2 Å². The van der Waals surface area contributed by atoms with E-state index in [0.717, 1.165) is 55.5 Å². The molecule has 10 aromatic rings. The van der Waals surface area contributed by atoms with Crippen LogP contribution in [0.15, 0.2) is 156 Å². The summed E-state index contributed by atoms with van der Waals surface area (Å²) in [6, 6.07) is 47.6. The van der Waals surface area contributed by atoms with Crippen molar-refractivity contribution in [3.05, 3.63) is 152 Å². The Morgan fingerprint density at radius 3 is 2.32 bits per heavy atom. The van der Waals surface area contributed by atoms with E-state index in [1.807, 2.05) is 29.8 Å². The van der Waals surface area contributed by atoms with Crippen LogP contribution in [0.25, 0.3) is 74.9 Å². The molecule has 0 aliphatic carbocycles. The molecule has 4 heterocycles. The zero-order valence-corrected chi connectivity index (χ0v) is 25.9. The van der Waals surface area contributed by atoms with Gasteiger partial charge in [0.1, 0.15) is 11.2 Å². The van der Waals surface area contributed by atoms with E-state index >= 15 is 0 Å². The van der Waals surface area contributed by atoms with Crippen LogP contribution in [0, 0.1) is 0 Å². The zero-order valence-electron chi connectivity index (χ0n) is 25.1. The summed E-state index contributed by atoms with van der Waals surface area (Å²) in [5.74, 6) is 0. The van der Waals surface area contributed by atoms with Crippen molar-refractivity contribution in [1.82, 2.24) is 9.97 Å². The molecule has 0 radical (unpaired) electrons. The molecule has 0 amide bonds. The van der Waals surface area contributed by atoms with Crippen LogP contribution in [-0.2, 0) is 0 Å². The quantitative estimate of drug-likeness (QED) is 0.197. The van der Waals surface area contributed by atoms with Crippen LogP contribution < -0.4 is 4.90 Å². The SMILES string of the molecule is c1cc(-c2cccc3ccccc23)cc(N(c2ccc3sc4ccccc4c3c2)c2cnc3ccc4c5cnccc5oc4c3c2)c1. The molecule has 0 aliphatic rings. The normalized spacial score (nSPS) is 11.8. The van der Waals surface area contributed by atoms with Gasteiger partial charge in [-0.05, 0) is 82.6 Å². The first-order valence-electron chi connectivity index (χ1n) is 15.6. The summed E-state index contributed by atoms with van der Waals surface area (Å²) in [5, 5.41) is 7.99. The Morgan fingerprint density at radius 2 is 1.34 bits per heavy atom. The van der Waals surface area contributed by atoms with Gasteiger partial charge in [-0.15, -0.1) is 11.3 Å². The molecule has 0 unspecified atom stereocenters. The van der Waals surface area contributed by atoms with Crippen LogP contribution in [0.2, 0.25) is 0 Å². The molecule has 0 fully saturated rings. The Morgan fingerprint density at radius 1 is 0.532 bits per heavy atom. The second-order valence-electron chi connectivity index (χ2n) is 11.9. The number of benzene rings is 6. The van der Waals surface area contributed by atoms with Gasteiger partial charge in [0.15, 0.2) is 0 Å². The van der Waals surface area contributed by atoms with Crippen LogP contribution >= 0.6 is 11.3 Å². The van der Waals surface area contributed by atoms with E-state index in [2.05, 4.69) is 137 Å². The first kappa shape index (κ1) is 26.2. The highest BCUT2D eigenvalue weighted by Crippen LogP contribution is 2.43. The zero-order chi connectivity index (χ0) is 30.9. The van der Waals surface area contributed by atoms with Crippen molar-refractivity contribution < 1.29 is 4.42 Å². The molecular weight excluding hydrogens is 595 g/mol. The van der Waals surface area contributed by atoms with Crippen molar-refractivity contribution in [1.29, 1.82) is 0 Å². The third-order valence-electron chi connectivity index (χ3n) is 9.17. The second-order valence-corrected chi connectivity index (χ2v) is 13.0. The van der Waals surface area contributed by atoms with E-state index in [9.17, 15) is 0 Å². The number of hydrogen-bond donors (Lipinski definition) is 0. The standard InChI is InChI=1S/C42H25N3OS/c1-2-11-31-26(7-1)8-6-13-32(31)27-9-5-10-28(21-27)45(29-15-18-41-35(22-29)33-12-3-4-14-40(33)47-41)30-23-36-38(44-24-30)17-16-34-37-25-43-20-19-39(37)46-42(34)36/h1-25H. The van der Waals surface area contributed by atoms with Crippen LogP contribution in [0.4, 0.5) is 17.1 Å². The van der Waals surface area contributed by atoms with Crippen LogP contribution in [0.5, 0.6) is 0 Å². The summed E-state index contributed by atoms with van der Waals surface area (Å²) in [7, 11) is 0. The average Bonchev–Trinajstić information content (AvgIpc) is 3.70. The monoisotopic (exact) mass is 619 g/mol. The van der Waals surface area contributed by atoms with Gasteiger partial charge in [0.25, 0.3) is 0 Å². The molecule has 0 bridgehead atoms. The number of fused-ring (bicyclic) bond motifs is 9. The van der Waals surface area contributed by atoms with E-state index in [4.69, 9.17) is 9.40 Å². The third kappa shape index (κ3) is 4.14. The van der Waals surface area contributed by atoms with Gasteiger partial charge in [-0.3, -0.25) is 9.97 Å². The Labute approximate surface area is 273 Å². The molecule has 4 aromatic heterocycles. The number of rotatable bonds is 4. The van der Waals surface area contributed by atoms with E-state index in [1.54, 1.807) is 6.20 Å². The fourth-order valence-electron chi connectivity index (χ4n) is 6.98. The van der Waals surface area contributed by atoms with E-state index in [0.29, 0.717) is 0 Å². The Hall–Kier alpha value is -6.04. The minimum atomic E-state index is 0.822. The van der Waals surface area contributed by atoms with Gasteiger partial charge < -0.3 is 9.32 Å². The summed E-state index contributed by atoms with van der Waals surface area (Å²) < 4.78 is 8.99. The maximum Gasteiger partial charge on any atom is 0.144 e. The smallest absolute Gasteiger partial charge is 0.144 e. The lowest BCUT2D eigenvalue weighted by molar-refractivity contribution is 0.672. The molecular formula is C42H25N3OS. The summed E-state index contributed by atoms with van der Waals surface area (Å²) in [5.41, 5.74) is 7.97. The molecule has 0 saturated carbocycles. The average molecular weight is 620 g/mol. The van der Waals surface area contributed by atoms with E-state index in [1.165, 1.54) is 36.5 Å². The molecule has 6 aromatic carbocycles. The van der Waals surface area contributed by atoms with Crippen molar-refractivity contribution in [3.63, 3.8) is 0 Å². The lowest BCUT2D eigenvalue weighted by Gasteiger charge is -2.26. The number of thiophene rings is 1. The number of furan rings is 1. The Balaban J connectivity index is 1.22. The van der Waals surface area contributed by atoms with Gasteiger partial charge in [-0.25, -0.2) is 0 Å². The lowest BCUT2D eigenvalue weighted by atomic mass is 9.97. The summed E-state index contributed by atoms with van der Waals surface area (Å²) in [6.45, 7) is 0. The van der Waals surface area contributed by atoms with E-state index < -0.39 is 0 Å². The van der Waals surface area contributed by atoms with Crippen LogP contribution in [0.1, 0.15) is 0 Å². The third-order valence-corrected chi connectivity index (χ3v) is 10.3. The Bertz CT molecular complexity index is 2830. The predicted molar refractivity (Wildman–Crippen MR) is 197 cm³/mol. The maximum atomic E-state index is 6.43. The molecule has 0 aliphatic heterocycles. The molecule has 10 rings (SSSR count). The number of hydrogen-bond acceptors (Lipinski definition) is 5. The van der Waals surface area contributed by atoms with Crippen molar-refractivity contribution in [2.45, 2.75) is 0 Å². The van der Waals surface area contributed by atoms with E-state index in [-0.39, 0.29) is 0 Å². The fraction of sp³-hybridized carbons (Fsp3) is 0. The van der Waals surface area contributed by atoms with Crippen molar-refractivity contribution in [2.24, 2.45) is 0 Å². The molecule has 0 atom stereocenters. The Kier molecular flexibility index (Phi) is 5.71. The summed E-state index contributed by atoms with van der Waals surface area (Å²) in [6.07, 6.45) is 5.61. The first-order chi connectivity index (χ1) is 23.3. The highest BCUT2D eigenvalue weighted by molar-refractivity contribution is 7.25. The van der Waals surface area contributed by atoms with Gasteiger partial charge in [0.2, 0.25) is 0 Å². The van der Waals surface area contributed by atoms with Gasteiger partial charge >= 0.3 is 0 Å². The molecule has 0 spiro atoms. The molecule has 47 heavy (non-hydrogen) atoms. The number of nitrogens with zero attached hydrogens (tertiary/aromatic N) is 3. The lowest BCUT2D eigenvalue weighted by Crippen LogP contribution is -2.10. The van der Waals surface area contributed by atoms with Gasteiger partial charge in [0.05, 0.1) is 17.4 Å². The van der Waals surface area contributed by atoms with Gasteiger partial charge in [-0.1, -0.05) is 72.8 Å². The maximum absolute atomic E-state index is 6.43. The highest BCUT2D eigenvalue weighted by Gasteiger charge is 2.19. The van der Waals surface area contributed by atoms with Crippen LogP contribution in [0.3, 0.4) is 0 Å². The highest BCUT2D eigenvalue weighted by atomic mass is 32.1. The molecule has 220 valence electrons. The van der Waals surface area contributed by atoms with Crippen LogP contribution in [-0.4, -0.2) is 9.97 Å². The summed E-state index contributed by atoms with van der Waals surface area (Å²) in [4.78, 5) is 11.6. The largest absolute Gasteiger partial charge is 0.455 e. The second kappa shape index (κ2) is 10.2. The predicted octanol–water partition coefficient (Wildman–Crippen LogP) is 12.2. The molecule has 0 N–H and O–H groups in total. The van der Waals surface area contributed by atoms with Gasteiger partial charge in [-0.2, -0.15) is 0 Å². The van der Waals surface area contributed by atoms with Crippen molar-refractivity contribution in [2.75, 3.05) is 4.90 Å². The molecule has 4 nitrogen and oxygen atoms in total. The minimum absolute atomic E-state index is 0.822. The first-order valence-corrected chi connectivity index (χ1v) is 16.4. The summed E-state index contributed by atoms with van der Waals surface area (Å²) >= 11 is 1.83. The minimum Gasteiger partial charge on any atom is -0.455 e. The van der Waals surface area contributed by atoms with Gasteiger partial charge in [0, 0.05) is 60.1 Å². The van der Waals surface area contributed by atoms with Crippen molar-refractivity contribution >= 4 is 92.2 Å². The number of aromatic nitrogens is 2. The molecule has 0 saturated heterocycles. The fourth-order valence-corrected chi connectivity index (χ4v) is 8.07. The van der Waals surface area contributed by atoms with Crippen molar-refractivity contribution in [3.8, 4) is 11.1 Å². The number of anilines is 3. The number of pyridine rings is 2. The molecule has 5 heteroatoms.